The lowest BCUT2D eigenvalue weighted by Gasteiger charge is -2.21. The predicted molar refractivity (Wildman–Crippen MR) is 79.5 cm³/mol. The Kier molecular flexibility index (Phi) is 3.75. The Morgan fingerprint density at radius 3 is 2.67 bits per heavy atom. The third-order valence-electron chi connectivity index (χ3n) is 4.10. The summed E-state index contributed by atoms with van der Waals surface area (Å²) >= 11 is 0. The van der Waals surface area contributed by atoms with Crippen molar-refractivity contribution in [3.05, 3.63) is 29.8 Å². The lowest BCUT2D eigenvalue weighted by Crippen LogP contribution is -2.33. The summed E-state index contributed by atoms with van der Waals surface area (Å²) in [6.45, 7) is 2.78. The summed E-state index contributed by atoms with van der Waals surface area (Å²) in [4.78, 5) is 14.5. The van der Waals surface area contributed by atoms with Gasteiger partial charge in [-0.3, -0.25) is 4.79 Å². The molecule has 1 N–H and O–H groups in total. The van der Waals surface area contributed by atoms with Crippen LogP contribution < -0.4 is 4.72 Å². The first kappa shape index (κ1) is 14.5. The quantitative estimate of drug-likeness (QED) is 0.921. The van der Waals surface area contributed by atoms with Crippen LogP contribution in [0.3, 0.4) is 0 Å². The van der Waals surface area contributed by atoms with E-state index in [1.54, 1.807) is 12.1 Å². The highest BCUT2D eigenvalue weighted by Gasteiger charge is 2.29. The smallest absolute Gasteiger partial charge is 0.254 e. The van der Waals surface area contributed by atoms with Gasteiger partial charge in [-0.05, 0) is 50.8 Å². The molecule has 114 valence electrons. The van der Waals surface area contributed by atoms with Crippen LogP contribution in [-0.4, -0.2) is 37.9 Å². The predicted octanol–water partition coefficient (Wildman–Crippen LogP) is 1.75. The van der Waals surface area contributed by atoms with E-state index in [0.717, 1.165) is 32.2 Å². The molecule has 1 unspecified atom stereocenters. The van der Waals surface area contributed by atoms with Gasteiger partial charge in [0.05, 0.1) is 4.90 Å². The fourth-order valence-corrected chi connectivity index (χ4v) is 4.04. The lowest BCUT2D eigenvalue weighted by atomic mass is 10.2. The van der Waals surface area contributed by atoms with Gasteiger partial charge in [-0.1, -0.05) is 6.07 Å². The van der Waals surface area contributed by atoms with Crippen molar-refractivity contribution in [2.75, 3.05) is 6.54 Å². The Balaban J connectivity index is 1.84. The molecular weight excluding hydrogens is 288 g/mol. The molecule has 0 radical (unpaired) electrons. The van der Waals surface area contributed by atoms with Crippen molar-refractivity contribution in [3.63, 3.8) is 0 Å². The number of amides is 1. The highest BCUT2D eigenvalue weighted by Crippen LogP contribution is 2.24. The molecular formula is C15H20N2O3S. The largest absolute Gasteiger partial charge is 0.336 e. The lowest BCUT2D eigenvalue weighted by molar-refractivity contribution is 0.0747. The Hall–Kier alpha value is -1.40. The summed E-state index contributed by atoms with van der Waals surface area (Å²) in [5.41, 5.74) is 0.447. The molecule has 1 aromatic rings. The van der Waals surface area contributed by atoms with Crippen LogP contribution in [0.25, 0.3) is 0 Å². The minimum Gasteiger partial charge on any atom is -0.336 e. The van der Waals surface area contributed by atoms with Crippen LogP contribution in [0.5, 0.6) is 0 Å². The van der Waals surface area contributed by atoms with Crippen LogP contribution in [-0.2, 0) is 10.0 Å². The van der Waals surface area contributed by atoms with Gasteiger partial charge in [0.1, 0.15) is 0 Å². The monoisotopic (exact) mass is 308 g/mol. The summed E-state index contributed by atoms with van der Waals surface area (Å²) in [6, 6.07) is 6.63. The van der Waals surface area contributed by atoms with Crippen LogP contribution in [0.1, 0.15) is 43.0 Å². The fraction of sp³-hybridized carbons (Fsp3) is 0.533. The zero-order valence-corrected chi connectivity index (χ0v) is 12.9. The molecule has 1 saturated carbocycles. The van der Waals surface area contributed by atoms with Gasteiger partial charge >= 0.3 is 0 Å². The van der Waals surface area contributed by atoms with E-state index in [1.807, 2.05) is 11.8 Å². The maximum Gasteiger partial charge on any atom is 0.254 e. The second kappa shape index (κ2) is 5.42. The van der Waals surface area contributed by atoms with Gasteiger partial charge in [-0.15, -0.1) is 0 Å². The van der Waals surface area contributed by atoms with Crippen LogP contribution >= 0.6 is 0 Å². The van der Waals surface area contributed by atoms with Crippen molar-refractivity contribution < 1.29 is 13.2 Å². The van der Waals surface area contributed by atoms with Crippen LogP contribution in [0, 0.1) is 0 Å². The first-order valence-electron chi connectivity index (χ1n) is 7.41. The summed E-state index contributed by atoms with van der Waals surface area (Å²) in [5, 5.41) is 0. The molecule has 1 amide bonds. The van der Waals surface area contributed by atoms with E-state index >= 15 is 0 Å². The average Bonchev–Trinajstić information content (AvgIpc) is 3.16. The summed E-state index contributed by atoms with van der Waals surface area (Å²) in [5.74, 6) is -0.0801. The zero-order chi connectivity index (χ0) is 15.0. The second-order valence-electron chi connectivity index (χ2n) is 5.91. The molecule has 1 aliphatic carbocycles. The molecule has 5 nitrogen and oxygen atoms in total. The van der Waals surface area contributed by atoms with E-state index in [9.17, 15) is 13.2 Å². The van der Waals surface area contributed by atoms with Gasteiger partial charge in [0.25, 0.3) is 5.91 Å². The third kappa shape index (κ3) is 3.11. The number of sulfonamides is 1. The molecule has 2 fully saturated rings. The van der Waals surface area contributed by atoms with E-state index in [4.69, 9.17) is 0 Å². The maximum absolute atomic E-state index is 12.5. The number of likely N-dealkylation sites (tertiary alicyclic amines) is 1. The molecule has 3 rings (SSSR count). The van der Waals surface area contributed by atoms with Gasteiger partial charge in [-0.2, -0.15) is 0 Å². The molecule has 1 aliphatic heterocycles. The highest BCUT2D eigenvalue weighted by molar-refractivity contribution is 7.89. The number of hydrogen-bond acceptors (Lipinski definition) is 3. The van der Waals surface area contributed by atoms with Crippen LogP contribution in [0.15, 0.2) is 29.2 Å². The molecule has 2 aliphatic rings. The first-order chi connectivity index (χ1) is 9.97. The van der Waals surface area contributed by atoms with E-state index in [0.29, 0.717) is 5.56 Å². The Morgan fingerprint density at radius 1 is 1.29 bits per heavy atom. The van der Waals surface area contributed by atoms with Gasteiger partial charge in [0.15, 0.2) is 0 Å². The minimum atomic E-state index is -3.51. The topological polar surface area (TPSA) is 66.5 Å². The maximum atomic E-state index is 12.5. The van der Waals surface area contributed by atoms with Gasteiger partial charge in [0.2, 0.25) is 10.0 Å². The zero-order valence-electron chi connectivity index (χ0n) is 12.1. The molecule has 1 atom stereocenters. The Bertz CT molecular complexity index is 653. The normalized spacial score (nSPS) is 22.5. The molecule has 1 heterocycles. The molecule has 0 spiro atoms. The SMILES string of the molecule is CC1CCCN1C(=O)c1cccc(S(=O)(=O)NC2CC2)c1. The number of carbonyl (C=O) groups excluding carboxylic acids is 1. The molecule has 0 aromatic heterocycles. The van der Waals surface area contributed by atoms with Gasteiger partial charge < -0.3 is 4.90 Å². The van der Waals surface area contributed by atoms with Crippen molar-refractivity contribution in [2.45, 2.75) is 49.6 Å². The average molecular weight is 308 g/mol. The molecule has 6 heteroatoms. The van der Waals surface area contributed by atoms with Crippen molar-refractivity contribution in [3.8, 4) is 0 Å². The standard InChI is InChI=1S/C15H20N2O3S/c1-11-4-3-9-17(11)15(18)12-5-2-6-14(10-12)21(19,20)16-13-7-8-13/h2,5-6,10-11,13,16H,3-4,7-9H2,1H3. The van der Waals surface area contributed by atoms with Crippen LogP contribution in [0.2, 0.25) is 0 Å². The number of nitrogens with one attached hydrogen (secondary N) is 1. The van der Waals surface area contributed by atoms with Crippen molar-refractivity contribution in [1.82, 2.24) is 9.62 Å². The molecule has 21 heavy (non-hydrogen) atoms. The molecule has 1 saturated heterocycles. The van der Waals surface area contributed by atoms with E-state index in [1.165, 1.54) is 12.1 Å². The first-order valence-corrected chi connectivity index (χ1v) is 8.89. The van der Waals surface area contributed by atoms with E-state index < -0.39 is 10.0 Å². The van der Waals surface area contributed by atoms with Gasteiger partial charge in [0, 0.05) is 24.2 Å². The summed E-state index contributed by atoms with van der Waals surface area (Å²) in [7, 11) is -3.51. The van der Waals surface area contributed by atoms with Crippen LogP contribution in [0.4, 0.5) is 0 Å². The Morgan fingerprint density at radius 2 is 2.05 bits per heavy atom. The van der Waals surface area contributed by atoms with Crippen molar-refractivity contribution in [2.24, 2.45) is 0 Å². The fourth-order valence-electron chi connectivity index (χ4n) is 2.69. The second-order valence-corrected chi connectivity index (χ2v) is 7.63. The number of nitrogens with zero attached hydrogens (tertiary/aromatic N) is 1. The number of carbonyl (C=O) groups is 1. The highest BCUT2D eigenvalue weighted by atomic mass is 32.2. The van der Waals surface area contributed by atoms with Gasteiger partial charge in [-0.25, -0.2) is 13.1 Å². The minimum absolute atomic E-state index is 0.0629. The molecule has 1 aromatic carbocycles. The van der Waals surface area contributed by atoms with Crippen molar-refractivity contribution >= 4 is 15.9 Å². The molecule has 0 bridgehead atoms. The Labute approximate surface area is 125 Å². The van der Waals surface area contributed by atoms with E-state index in [2.05, 4.69) is 4.72 Å². The third-order valence-corrected chi connectivity index (χ3v) is 5.62. The summed E-state index contributed by atoms with van der Waals surface area (Å²) in [6.07, 6.45) is 3.80. The van der Waals surface area contributed by atoms with Crippen molar-refractivity contribution in [1.29, 1.82) is 0 Å². The van der Waals surface area contributed by atoms with E-state index in [-0.39, 0.29) is 22.9 Å². The summed E-state index contributed by atoms with van der Waals surface area (Å²) < 4.78 is 27.1. The number of rotatable bonds is 4. The number of benzene rings is 1. The number of hydrogen-bond donors (Lipinski definition) is 1.